The van der Waals surface area contributed by atoms with Gasteiger partial charge in [-0.25, -0.2) is 9.78 Å². The molecule has 1 aliphatic carbocycles. The number of carbonyl (C=O) groups is 1. The van der Waals surface area contributed by atoms with Gasteiger partial charge < -0.3 is 10.0 Å². The van der Waals surface area contributed by atoms with Gasteiger partial charge in [0, 0.05) is 25.1 Å². The lowest BCUT2D eigenvalue weighted by Gasteiger charge is -2.22. The minimum absolute atomic E-state index is 0.0430. The van der Waals surface area contributed by atoms with Gasteiger partial charge in [-0.1, -0.05) is 12.8 Å². The molecule has 0 bridgehead atoms. The number of hydrogen-bond acceptors (Lipinski definition) is 5. The van der Waals surface area contributed by atoms with Crippen molar-refractivity contribution in [1.82, 2.24) is 19.6 Å². The highest BCUT2D eigenvalue weighted by Gasteiger charge is 2.29. The Labute approximate surface area is 128 Å². The normalized spacial score (nSPS) is 19.4. The number of hydrogen-bond donors (Lipinski definition) is 1. The Bertz CT molecular complexity index is 714. The van der Waals surface area contributed by atoms with E-state index in [9.17, 15) is 9.90 Å². The minimum atomic E-state index is -1.02. The molecule has 0 aromatic carbocycles. The maximum atomic E-state index is 11.4. The number of rotatable bonds is 3. The zero-order valence-corrected chi connectivity index (χ0v) is 12.4. The molecule has 22 heavy (non-hydrogen) atoms. The number of carboxylic acid groups (broad SMARTS) is 1. The Kier molecular flexibility index (Phi) is 3.20. The third-order valence-corrected chi connectivity index (χ3v) is 4.40. The van der Waals surface area contributed by atoms with Crippen LogP contribution in [0, 0.1) is 0 Å². The SMILES string of the molecule is O=C(O)c1cc(N2CCCCCC2)n2nc(C3CC3)nc2n1. The second-order valence-corrected chi connectivity index (χ2v) is 6.16. The van der Waals surface area contributed by atoms with Gasteiger partial charge >= 0.3 is 5.97 Å². The highest BCUT2D eigenvalue weighted by atomic mass is 16.4. The molecule has 1 saturated carbocycles. The second kappa shape index (κ2) is 5.23. The molecule has 3 heterocycles. The zero-order chi connectivity index (χ0) is 15.1. The van der Waals surface area contributed by atoms with Crippen LogP contribution >= 0.6 is 0 Å². The quantitative estimate of drug-likeness (QED) is 0.934. The van der Waals surface area contributed by atoms with E-state index < -0.39 is 5.97 Å². The Balaban J connectivity index is 1.83. The van der Waals surface area contributed by atoms with Crippen molar-refractivity contribution in [2.75, 3.05) is 18.0 Å². The van der Waals surface area contributed by atoms with Crippen molar-refractivity contribution in [3.63, 3.8) is 0 Å². The van der Waals surface area contributed by atoms with Crippen LogP contribution < -0.4 is 4.90 Å². The summed E-state index contributed by atoms with van der Waals surface area (Å²) in [6, 6.07) is 1.63. The summed E-state index contributed by atoms with van der Waals surface area (Å²) in [5.74, 6) is 1.41. The fraction of sp³-hybridized carbons (Fsp3) is 0.600. The van der Waals surface area contributed by atoms with Crippen LogP contribution in [0.15, 0.2) is 6.07 Å². The van der Waals surface area contributed by atoms with Crippen LogP contribution in [0.1, 0.15) is 60.8 Å². The molecule has 2 fully saturated rings. The molecule has 0 unspecified atom stereocenters. The molecule has 2 aromatic rings. The molecule has 2 aromatic heterocycles. The van der Waals surface area contributed by atoms with Gasteiger partial charge in [-0.3, -0.25) is 0 Å². The van der Waals surface area contributed by atoms with Crippen LogP contribution in [0.2, 0.25) is 0 Å². The van der Waals surface area contributed by atoms with Crippen LogP contribution in [-0.2, 0) is 0 Å². The topological polar surface area (TPSA) is 83.6 Å². The van der Waals surface area contributed by atoms with Gasteiger partial charge in [0.15, 0.2) is 11.5 Å². The van der Waals surface area contributed by atoms with Crippen molar-refractivity contribution < 1.29 is 9.90 Å². The van der Waals surface area contributed by atoms with Crippen molar-refractivity contribution >= 4 is 17.6 Å². The highest BCUT2D eigenvalue weighted by molar-refractivity contribution is 5.87. The molecule has 7 heteroatoms. The first kappa shape index (κ1) is 13.5. The van der Waals surface area contributed by atoms with Gasteiger partial charge in [-0.05, 0) is 25.7 Å². The van der Waals surface area contributed by atoms with E-state index in [0.29, 0.717) is 11.7 Å². The van der Waals surface area contributed by atoms with Crippen molar-refractivity contribution in [3.05, 3.63) is 17.6 Å². The second-order valence-electron chi connectivity index (χ2n) is 6.16. The number of aromatic carboxylic acids is 1. The van der Waals surface area contributed by atoms with Crippen LogP contribution in [0.25, 0.3) is 5.78 Å². The molecule has 1 N–H and O–H groups in total. The Hall–Kier alpha value is -2.18. The average Bonchev–Trinajstić information content (AvgIpc) is 3.30. The third kappa shape index (κ3) is 2.40. The van der Waals surface area contributed by atoms with E-state index in [1.54, 1.807) is 10.6 Å². The molecule has 2 aliphatic rings. The third-order valence-electron chi connectivity index (χ3n) is 4.40. The largest absolute Gasteiger partial charge is 0.477 e. The van der Waals surface area contributed by atoms with Crippen molar-refractivity contribution in [2.45, 2.75) is 44.4 Å². The molecule has 4 rings (SSSR count). The van der Waals surface area contributed by atoms with E-state index >= 15 is 0 Å². The fourth-order valence-electron chi connectivity index (χ4n) is 3.02. The molecule has 1 aliphatic heterocycles. The summed E-state index contributed by atoms with van der Waals surface area (Å²) in [5.41, 5.74) is 0.0430. The van der Waals surface area contributed by atoms with E-state index in [1.165, 1.54) is 12.8 Å². The molecule has 0 spiro atoms. The first-order valence-electron chi connectivity index (χ1n) is 7.98. The van der Waals surface area contributed by atoms with Crippen molar-refractivity contribution in [2.24, 2.45) is 0 Å². The van der Waals surface area contributed by atoms with E-state index in [0.717, 1.165) is 50.4 Å². The smallest absolute Gasteiger partial charge is 0.354 e. The zero-order valence-electron chi connectivity index (χ0n) is 12.4. The summed E-state index contributed by atoms with van der Waals surface area (Å²) in [6.45, 7) is 1.85. The van der Waals surface area contributed by atoms with Crippen molar-refractivity contribution in [1.29, 1.82) is 0 Å². The predicted octanol–water partition coefficient (Wildman–Crippen LogP) is 2.08. The minimum Gasteiger partial charge on any atom is -0.477 e. The maximum absolute atomic E-state index is 11.4. The fourth-order valence-corrected chi connectivity index (χ4v) is 3.02. The lowest BCUT2D eigenvalue weighted by atomic mass is 10.2. The monoisotopic (exact) mass is 301 g/mol. The summed E-state index contributed by atoms with van der Waals surface area (Å²) in [4.78, 5) is 22.2. The van der Waals surface area contributed by atoms with E-state index in [1.807, 2.05) is 0 Å². The lowest BCUT2D eigenvalue weighted by molar-refractivity contribution is 0.0690. The van der Waals surface area contributed by atoms with Crippen LogP contribution in [0.5, 0.6) is 0 Å². The van der Waals surface area contributed by atoms with Gasteiger partial charge in [0.2, 0.25) is 0 Å². The molecule has 1 saturated heterocycles. The molecule has 116 valence electrons. The molecule has 0 radical (unpaired) electrons. The number of carboxylic acids is 1. The Morgan fingerprint density at radius 3 is 2.50 bits per heavy atom. The maximum Gasteiger partial charge on any atom is 0.354 e. The van der Waals surface area contributed by atoms with Crippen LogP contribution in [0.4, 0.5) is 5.82 Å². The molecular weight excluding hydrogens is 282 g/mol. The number of aromatic nitrogens is 4. The standard InChI is InChI=1S/C15H19N5O2/c21-14(22)11-9-12(19-7-3-1-2-4-8-19)20-15(16-11)17-13(18-20)10-5-6-10/h9-10H,1-8H2,(H,21,22). The van der Waals surface area contributed by atoms with Gasteiger partial charge in [0.1, 0.15) is 5.82 Å². The number of anilines is 1. The molecular formula is C15H19N5O2. The number of fused-ring (bicyclic) bond motifs is 1. The van der Waals surface area contributed by atoms with Crippen molar-refractivity contribution in [3.8, 4) is 0 Å². The Morgan fingerprint density at radius 2 is 1.86 bits per heavy atom. The summed E-state index contributed by atoms with van der Waals surface area (Å²) >= 11 is 0. The number of nitrogens with zero attached hydrogens (tertiary/aromatic N) is 5. The van der Waals surface area contributed by atoms with E-state index in [-0.39, 0.29) is 5.69 Å². The molecule has 7 nitrogen and oxygen atoms in total. The van der Waals surface area contributed by atoms with Gasteiger partial charge in [-0.2, -0.15) is 9.50 Å². The summed E-state index contributed by atoms with van der Waals surface area (Å²) in [6.07, 6.45) is 6.92. The summed E-state index contributed by atoms with van der Waals surface area (Å²) in [7, 11) is 0. The Morgan fingerprint density at radius 1 is 1.14 bits per heavy atom. The average molecular weight is 301 g/mol. The summed E-state index contributed by atoms with van der Waals surface area (Å²) < 4.78 is 1.73. The van der Waals surface area contributed by atoms with Gasteiger partial charge in [0.05, 0.1) is 0 Å². The first-order chi connectivity index (χ1) is 10.7. The molecule has 0 atom stereocenters. The summed E-state index contributed by atoms with van der Waals surface area (Å²) in [5, 5.41) is 13.9. The van der Waals surface area contributed by atoms with Gasteiger partial charge in [0.25, 0.3) is 5.78 Å². The van der Waals surface area contributed by atoms with Gasteiger partial charge in [-0.15, -0.1) is 5.10 Å². The molecule has 0 amide bonds. The first-order valence-corrected chi connectivity index (χ1v) is 7.98. The lowest BCUT2D eigenvalue weighted by Crippen LogP contribution is -2.27. The highest BCUT2D eigenvalue weighted by Crippen LogP contribution is 2.38. The van der Waals surface area contributed by atoms with Crippen LogP contribution in [0.3, 0.4) is 0 Å². The predicted molar refractivity (Wildman–Crippen MR) is 80.4 cm³/mol. The van der Waals surface area contributed by atoms with E-state index in [4.69, 9.17) is 0 Å². The van der Waals surface area contributed by atoms with Crippen LogP contribution in [-0.4, -0.2) is 43.7 Å². The van der Waals surface area contributed by atoms with E-state index in [2.05, 4.69) is 20.0 Å².